The van der Waals surface area contributed by atoms with E-state index in [2.05, 4.69) is 151 Å². The monoisotopic (exact) mass is 552 g/mol. The molecule has 5 aliphatic rings. The number of fused-ring (bicyclic) bond motifs is 6. The van der Waals surface area contributed by atoms with Crippen molar-refractivity contribution in [3.8, 4) is 0 Å². The smallest absolute Gasteiger partial charge is 0.129 e. The molecule has 2 nitrogen and oxygen atoms in total. The van der Waals surface area contributed by atoms with E-state index < -0.39 is 8.24 Å². The Labute approximate surface area is 245 Å². The van der Waals surface area contributed by atoms with Crippen LogP contribution in [0, 0.1) is 23.7 Å². The molecule has 0 aromatic heterocycles. The van der Waals surface area contributed by atoms with Crippen molar-refractivity contribution in [2.45, 2.75) is 50.2 Å². The molecule has 8 rings (SSSR count). The molecule has 3 aromatic rings. The summed E-state index contributed by atoms with van der Waals surface area (Å²) in [6, 6.07) is 20.9. The number of benzene rings is 3. The van der Waals surface area contributed by atoms with Gasteiger partial charge in [0.05, 0.1) is 12.2 Å². The van der Waals surface area contributed by atoms with Crippen molar-refractivity contribution in [1.82, 2.24) is 9.88 Å². The van der Waals surface area contributed by atoms with Crippen LogP contribution in [-0.2, 0) is 0 Å². The van der Waals surface area contributed by atoms with Crippen molar-refractivity contribution in [1.29, 1.82) is 0 Å². The fourth-order valence-corrected chi connectivity index (χ4v) is 14.4. The fraction of sp³-hybridized carbons (Fsp3) is 0.316. The van der Waals surface area contributed by atoms with Gasteiger partial charge >= 0.3 is 0 Å². The van der Waals surface area contributed by atoms with E-state index in [4.69, 9.17) is 0 Å². The zero-order chi connectivity index (χ0) is 27.7. The van der Waals surface area contributed by atoms with Gasteiger partial charge < -0.3 is 4.57 Å². The third-order valence-corrected chi connectivity index (χ3v) is 15.3. The number of hydrogen-bond donors (Lipinski definition) is 1. The Morgan fingerprint density at radius 2 is 1.27 bits per heavy atom. The summed E-state index contributed by atoms with van der Waals surface area (Å²) < 4.78 is 3.01. The van der Waals surface area contributed by atoms with E-state index in [1.807, 2.05) is 0 Å². The molecule has 2 fully saturated rings. The van der Waals surface area contributed by atoms with E-state index in [9.17, 15) is 0 Å². The summed E-state index contributed by atoms with van der Waals surface area (Å²) in [7, 11) is -1.96. The van der Waals surface area contributed by atoms with Crippen molar-refractivity contribution in [2.24, 2.45) is 23.7 Å². The van der Waals surface area contributed by atoms with Crippen molar-refractivity contribution in [2.75, 3.05) is 0 Å². The number of allylic oxidation sites excluding steroid dienone is 10. The topological polar surface area (TPSA) is 15.3 Å². The first-order valence-electron chi connectivity index (χ1n) is 15.6. The summed E-state index contributed by atoms with van der Waals surface area (Å²) in [5, 5.41) is 9.58. The van der Waals surface area contributed by atoms with Crippen LogP contribution in [0.2, 0.25) is 18.6 Å². The minimum Gasteiger partial charge on any atom is -0.301 e. The zero-order valence-corrected chi connectivity index (χ0v) is 25.3. The van der Waals surface area contributed by atoms with Gasteiger partial charge in [-0.2, -0.15) is 0 Å². The third-order valence-electron chi connectivity index (χ3n) is 10.9. The molecule has 3 aromatic carbocycles. The normalized spacial score (nSPS) is 33.8. The van der Waals surface area contributed by atoms with Gasteiger partial charge in [-0.15, -0.1) is 0 Å². The quantitative estimate of drug-likeness (QED) is 0.257. The molecule has 1 N–H and O–H groups in total. The number of rotatable bonds is 4. The first-order chi connectivity index (χ1) is 20.1. The van der Waals surface area contributed by atoms with Crippen LogP contribution in [0.25, 0.3) is 27.1 Å². The predicted molar refractivity (Wildman–Crippen MR) is 177 cm³/mol. The second-order valence-electron chi connectivity index (χ2n) is 13.2. The summed E-state index contributed by atoms with van der Waals surface area (Å²) in [5.74, 6) is 2.47. The van der Waals surface area contributed by atoms with E-state index in [1.165, 1.54) is 32.7 Å². The maximum Gasteiger partial charge on any atom is 0.129 e. The molecule has 0 bridgehead atoms. The minimum atomic E-state index is -1.96. The summed E-state index contributed by atoms with van der Waals surface area (Å²) >= 11 is 0. The van der Waals surface area contributed by atoms with E-state index in [0.717, 1.165) is 6.42 Å². The van der Waals surface area contributed by atoms with Gasteiger partial charge in [-0.05, 0) is 74.4 Å². The van der Waals surface area contributed by atoms with Gasteiger partial charge in [0.25, 0.3) is 0 Å². The second-order valence-corrected chi connectivity index (χ2v) is 17.7. The molecule has 1 aliphatic heterocycles. The van der Waals surface area contributed by atoms with Gasteiger partial charge in [0, 0.05) is 6.04 Å². The molecular formula is C38H40N2Si. The minimum absolute atomic E-state index is 0.280. The van der Waals surface area contributed by atoms with E-state index in [1.54, 1.807) is 0 Å². The van der Waals surface area contributed by atoms with Crippen LogP contribution in [0.5, 0.6) is 0 Å². The molecule has 5 unspecified atom stereocenters. The average Bonchev–Trinajstić information content (AvgIpc) is 3.57. The molecular weight excluding hydrogens is 513 g/mol. The van der Waals surface area contributed by atoms with Crippen LogP contribution in [0.1, 0.15) is 18.9 Å². The van der Waals surface area contributed by atoms with Crippen LogP contribution in [0.15, 0.2) is 121 Å². The van der Waals surface area contributed by atoms with Crippen molar-refractivity contribution in [3.63, 3.8) is 0 Å². The van der Waals surface area contributed by atoms with Gasteiger partial charge in [-0.3, -0.25) is 5.32 Å². The summed E-state index contributed by atoms with van der Waals surface area (Å²) in [5.41, 5.74) is 3.53. The Balaban J connectivity index is 1.23. The van der Waals surface area contributed by atoms with E-state index in [-0.39, 0.29) is 6.04 Å². The van der Waals surface area contributed by atoms with Crippen LogP contribution in [0.3, 0.4) is 0 Å². The highest BCUT2D eigenvalue weighted by molar-refractivity contribution is 6.76. The van der Waals surface area contributed by atoms with Crippen LogP contribution in [0.4, 0.5) is 0 Å². The molecule has 4 aliphatic carbocycles. The molecule has 1 heterocycles. The predicted octanol–water partition coefficient (Wildman–Crippen LogP) is 8.63. The maximum atomic E-state index is 4.22. The Kier molecular flexibility index (Phi) is 6.00. The third kappa shape index (κ3) is 3.75. The molecule has 1 saturated heterocycles. The summed E-state index contributed by atoms with van der Waals surface area (Å²) in [6.07, 6.45) is 28.1. The first-order valence-corrected chi connectivity index (χ1v) is 18.6. The van der Waals surface area contributed by atoms with Crippen molar-refractivity contribution in [3.05, 3.63) is 127 Å². The maximum absolute atomic E-state index is 4.22. The molecule has 7 atom stereocenters. The van der Waals surface area contributed by atoms with Crippen LogP contribution >= 0.6 is 0 Å². The van der Waals surface area contributed by atoms with Gasteiger partial charge in [-0.25, -0.2) is 0 Å². The Bertz CT molecular complexity index is 1620. The highest BCUT2D eigenvalue weighted by Gasteiger charge is 2.59. The van der Waals surface area contributed by atoms with Crippen molar-refractivity contribution >= 4 is 35.4 Å². The van der Waals surface area contributed by atoms with E-state index in [0.29, 0.717) is 41.4 Å². The Morgan fingerprint density at radius 3 is 1.85 bits per heavy atom. The fourth-order valence-electron chi connectivity index (χ4n) is 9.41. The van der Waals surface area contributed by atoms with Gasteiger partial charge in [0.15, 0.2) is 0 Å². The van der Waals surface area contributed by atoms with Crippen LogP contribution in [-0.4, -0.2) is 31.1 Å². The van der Waals surface area contributed by atoms with Crippen molar-refractivity contribution < 1.29 is 0 Å². The Morgan fingerprint density at radius 1 is 0.707 bits per heavy atom. The number of nitrogens with one attached hydrogen (secondary N) is 1. The second kappa shape index (κ2) is 9.66. The lowest BCUT2D eigenvalue weighted by Crippen LogP contribution is -2.60. The SMILES string of the molecule is CC[C@H]1NC2C(c3c4ccccc4cc4ccccc34)=CC=C[C@H]2N1[Si](C)(C)C1C2C=CC=CC2C2C=CC=CC21. The lowest BCUT2D eigenvalue weighted by molar-refractivity contribution is 0.312. The number of nitrogens with zero attached hydrogens (tertiary/aromatic N) is 1. The molecule has 41 heavy (non-hydrogen) atoms. The van der Waals surface area contributed by atoms with Gasteiger partial charge in [-0.1, -0.05) is 135 Å². The molecule has 0 radical (unpaired) electrons. The number of hydrogen-bond acceptors (Lipinski definition) is 2. The summed E-state index contributed by atoms with van der Waals surface area (Å²) in [4.78, 5) is 0. The standard InChI is InChI=1S/C38H40N2Si/c1-4-35-39-37-33(36-27-16-7-5-14-25(27)24-26-15-6-8-17-28(26)36)22-13-23-34(37)40(35)41(2,3)38-31-20-11-9-18-29(31)30-19-10-12-21-32(30)38/h5-24,29-32,34-35,37-39H,4H2,1-3H3/t29?,30?,31?,32?,34-,35+,37?,38?/m1/s1. The summed E-state index contributed by atoms with van der Waals surface area (Å²) in [6.45, 7) is 7.74. The van der Waals surface area contributed by atoms with Gasteiger partial charge in [0.2, 0.25) is 0 Å². The van der Waals surface area contributed by atoms with Crippen LogP contribution < -0.4 is 5.32 Å². The first kappa shape index (κ1) is 25.5. The van der Waals surface area contributed by atoms with Gasteiger partial charge in [0.1, 0.15) is 8.24 Å². The zero-order valence-electron chi connectivity index (χ0n) is 24.3. The highest BCUT2D eigenvalue weighted by Crippen LogP contribution is 2.59. The molecule has 0 amide bonds. The molecule has 1 saturated carbocycles. The largest absolute Gasteiger partial charge is 0.301 e. The molecule has 3 heteroatoms. The molecule has 206 valence electrons. The lowest BCUT2D eigenvalue weighted by Gasteiger charge is -2.48. The molecule has 0 spiro atoms. The average molecular weight is 553 g/mol. The van der Waals surface area contributed by atoms with E-state index >= 15 is 0 Å². The lowest BCUT2D eigenvalue weighted by atomic mass is 9.83. The highest BCUT2D eigenvalue weighted by atomic mass is 28.3. The Hall–Kier alpha value is -3.24.